The molecule has 18 heteroatoms. The Kier molecular flexibility index (Phi) is 71.7. The Bertz CT molecular complexity index is 2420. The van der Waals surface area contributed by atoms with Crippen LogP contribution in [0.25, 0.3) is 0 Å². The van der Waals surface area contributed by atoms with Gasteiger partial charge in [-0.05, 0) is 135 Å². The summed E-state index contributed by atoms with van der Waals surface area (Å²) in [6.45, 7) is 2.35. The number of carbonyl (C=O) groups excluding carboxylic acids is 3. The number of allylic oxidation sites excluding steroid dienone is 24. The molecule has 0 aliphatic carbocycles. The maximum absolute atomic E-state index is 12.9. The van der Waals surface area contributed by atoms with E-state index in [1.54, 1.807) is 0 Å². The molecule has 0 aromatic heterocycles. The van der Waals surface area contributed by atoms with Gasteiger partial charge in [-0.25, -0.2) is 9.13 Å². The van der Waals surface area contributed by atoms with E-state index in [0.717, 1.165) is 148 Å². The second-order valence-corrected chi connectivity index (χ2v) is 28.7. The Balaban J connectivity index is 4.36. The molecule has 0 aromatic carbocycles. The number of ether oxygens (including phenoxy) is 3. The number of carbonyl (C=O) groups is 3. The number of aliphatic hydroxyl groups excluding tert-OH is 2. The van der Waals surface area contributed by atoms with Crippen molar-refractivity contribution in [3.63, 3.8) is 0 Å². The highest BCUT2D eigenvalue weighted by Gasteiger charge is 2.29. The molecule has 0 fully saturated rings. The highest BCUT2D eigenvalue weighted by molar-refractivity contribution is 7.47. The summed E-state index contributed by atoms with van der Waals surface area (Å²) in [6.07, 6.45) is 92.2. The van der Waals surface area contributed by atoms with Gasteiger partial charge in [-0.2, -0.15) is 0 Å². The standard InChI is InChI=1S/C83H140O16P2/c1-4-7-10-13-16-19-22-24-26-28-30-31-32-33-34-35-36-37-38-39-40-41-42-43-44-45-47-49-50-52-55-57-60-63-66-69-81(86)93-72-78(84)73-95-100(89,90)96-74-79(85)75-97-101(91,92)98-77-80(99-83(88)71-68-65-62-59-54-21-18-15-12-9-6-3)76-94-82(87)70-67-64-61-58-56-53-51-48-46-29-27-25-23-20-17-14-11-8-5-2/h7-8,10-11,15-20,24-27,30-31,33-34,36-37,46,48,53,56,78-80,84-85H,4-6,9,12-14,21-23,28-29,32,35,38-45,47,49-52,54-55,57-77H2,1-3H3,(H,89,90)(H,91,92)/b10-7-,11-8-,18-15-,19-16-,20-17-,26-24-,27-25-,31-30-,34-33-,37-36-,48-46-,56-53-. The fourth-order valence-electron chi connectivity index (χ4n) is 10.1. The lowest BCUT2D eigenvalue weighted by atomic mass is 10.0. The van der Waals surface area contributed by atoms with Crippen molar-refractivity contribution in [2.45, 2.75) is 322 Å². The molecule has 578 valence electrons. The van der Waals surface area contributed by atoms with Crippen molar-refractivity contribution >= 4 is 33.6 Å². The normalized spacial score (nSPS) is 14.8. The number of aliphatic hydroxyl groups is 2. The van der Waals surface area contributed by atoms with Crippen LogP contribution < -0.4 is 0 Å². The third-order valence-corrected chi connectivity index (χ3v) is 17.9. The molecule has 5 atom stereocenters. The van der Waals surface area contributed by atoms with Crippen LogP contribution in [0.1, 0.15) is 303 Å². The molecule has 0 aliphatic rings. The summed E-state index contributed by atoms with van der Waals surface area (Å²) in [6, 6.07) is 0. The molecule has 0 saturated carbocycles. The first-order valence-electron chi connectivity index (χ1n) is 39.1. The number of rotatable bonds is 73. The lowest BCUT2D eigenvalue weighted by molar-refractivity contribution is -0.161. The summed E-state index contributed by atoms with van der Waals surface area (Å²) in [7, 11) is -9.79. The summed E-state index contributed by atoms with van der Waals surface area (Å²) in [4.78, 5) is 58.4. The van der Waals surface area contributed by atoms with Crippen LogP contribution in [0, 0.1) is 0 Å². The molecule has 0 heterocycles. The third-order valence-electron chi connectivity index (χ3n) is 16.0. The lowest BCUT2D eigenvalue weighted by Gasteiger charge is -2.21. The van der Waals surface area contributed by atoms with Gasteiger partial charge in [0.2, 0.25) is 0 Å². The molecule has 4 N–H and O–H groups in total. The second-order valence-electron chi connectivity index (χ2n) is 25.7. The van der Waals surface area contributed by atoms with Crippen molar-refractivity contribution in [3.8, 4) is 0 Å². The number of hydrogen-bond acceptors (Lipinski definition) is 14. The molecule has 0 spiro atoms. The number of hydrogen-bond donors (Lipinski definition) is 4. The van der Waals surface area contributed by atoms with Crippen LogP contribution >= 0.6 is 15.6 Å². The molecule has 0 radical (unpaired) electrons. The zero-order valence-electron chi connectivity index (χ0n) is 63.0. The van der Waals surface area contributed by atoms with Crippen LogP contribution in [0.15, 0.2) is 146 Å². The zero-order chi connectivity index (χ0) is 73.7. The van der Waals surface area contributed by atoms with Gasteiger partial charge in [-0.1, -0.05) is 295 Å². The molecule has 0 saturated heterocycles. The monoisotopic (exact) mass is 1450 g/mol. The SMILES string of the molecule is CC/C=C\C/C=C\C/C=C\C/C=C\C/C=C\C/C=C\CCCCCCCCCCCCCCCCCCC(=O)OCC(O)COP(=O)(O)OCC(O)COP(=O)(O)OCC(COC(=O)CCCCC/C=C\C/C=C\C/C=C\C/C=C\C/C=C\CC)OC(=O)CCCCCCC/C=C\CCCC. The van der Waals surface area contributed by atoms with Gasteiger partial charge in [0.25, 0.3) is 0 Å². The summed E-state index contributed by atoms with van der Waals surface area (Å²) < 4.78 is 60.9. The second kappa shape index (κ2) is 75.1. The third kappa shape index (κ3) is 76.4. The van der Waals surface area contributed by atoms with Crippen molar-refractivity contribution in [2.24, 2.45) is 0 Å². The van der Waals surface area contributed by atoms with E-state index < -0.39 is 91.5 Å². The van der Waals surface area contributed by atoms with Crippen molar-refractivity contribution in [2.75, 3.05) is 39.6 Å². The number of unbranched alkanes of at least 4 members (excludes halogenated alkanes) is 26. The first kappa shape index (κ1) is 96.4. The van der Waals surface area contributed by atoms with Gasteiger partial charge >= 0.3 is 33.6 Å². The van der Waals surface area contributed by atoms with Gasteiger partial charge in [-0.15, -0.1) is 0 Å². The molecule has 16 nitrogen and oxygen atoms in total. The minimum atomic E-state index is -4.94. The van der Waals surface area contributed by atoms with Gasteiger partial charge in [0.1, 0.15) is 25.4 Å². The number of phosphoric acid groups is 2. The van der Waals surface area contributed by atoms with E-state index in [0.29, 0.717) is 19.3 Å². The molecule has 0 aliphatic heterocycles. The summed E-state index contributed by atoms with van der Waals surface area (Å²) in [5, 5.41) is 20.6. The van der Waals surface area contributed by atoms with E-state index in [1.807, 2.05) is 0 Å². The van der Waals surface area contributed by atoms with Gasteiger partial charge in [0.15, 0.2) is 6.10 Å². The Morgan fingerprint density at radius 1 is 0.287 bits per heavy atom. The molecule has 0 amide bonds. The predicted molar refractivity (Wildman–Crippen MR) is 417 cm³/mol. The van der Waals surface area contributed by atoms with E-state index in [9.17, 15) is 43.5 Å². The van der Waals surface area contributed by atoms with Crippen LogP contribution in [0.2, 0.25) is 0 Å². The first-order chi connectivity index (χ1) is 49.2. The van der Waals surface area contributed by atoms with Crippen molar-refractivity contribution in [3.05, 3.63) is 146 Å². The van der Waals surface area contributed by atoms with Gasteiger partial charge in [0, 0.05) is 19.3 Å². The molecule has 0 bridgehead atoms. The van der Waals surface area contributed by atoms with Gasteiger partial charge in [0.05, 0.1) is 26.4 Å². The Morgan fingerprint density at radius 2 is 0.525 bits per heavy atom. The molecule has 5 unspecified atom stereocenters. The molecule has 101 heavy (non-hydrogen) atoms. The van der Waals surface area contributed by atoms with Crippen molar-refractivity contribution < 1.29 is 75.8 Å². The van der Waals surface area contributed by atoms with Crippen LogP contribution in [0.4, 0.5) is 0 Å². The molecule has 0 rings (SSSR count). The highest BCUT2D eigenvalue weighted by Crippen LogP contribution is 2.45. The van der Waals surface area contributed by atoms with Crippen LogP contribution in [0.3, 0.4) is 0 Å². The van der Waals surface area contributed by atoms with Crippen LogP contribution in [0.5, 0.6) is 0 Å². The first-order valence-corrected chi connectivity index (χ1v) is 42.1. The van der Waals surface area contributed by atoms with Gasteiger partial charge in [-0.3, -0.25) is 32.5 Å². The average molecular weight is 1460 g/mol. The summed E-state index contributed by atoms with van der Waals surface area (Å²) >= 11 is 0. The Labute approximate surface area is 613 Å². The molecular formula is C83H140O16P2. The lowest BCUT2D eigenvalue weighted by Crippen LogP contribution is -2.30. The van der Waals surface area contributed by atoms with Gasteiger partial charge < -0.3 is 34.2 Å². The fourth-order valence-corrected chi connectivity index (χ4v) is 11.7. The maximum Gasteiger partial charge on any atom is 0.472 e. The molecule has 0 aromatic rings. The van der Waals surface area contributed by atoms with E-state index in [-0.39, 0.29) is 19.3 Å². The zero-order valence-corrected chi connectivity index (χ0v) is 64.8. The Hall–Kier alpha value is -4.57. The van der Waals surface area contributed by atoms with E-state index in [2.05, 4.69) is 167 Å². The average Bonchev–Trinajstić information content (AvgIpc) is 0.974. The van der Waals surface area contributed by atoms with E-state index in [4.69, 9.17) is 32.3 Å². The fraction of sp³-hybridized carbons (Fsp3) is 0.675. The van der Waals surface area contributed by atoms with Crippen LogP contribution in [-0.4, -0.2) is 95.9 Å². The number of esters is 3. The highest BCUT2D eigenvalue weighted by atomic mass is 31.2. The minimum Gasteiger partial charge on any atom is -0.463 e. The number of phosphoric ester groups is 2. The smallest absolute Gasteiger partial charge is 0.463 e. The predicted octanol–water partition coefficient (Wildman–Crippen LogP) is 22.9. The van der Waals surface area contributed by atoms with Crippen LogP contribution in [-0.2, 0) is 55.8 Å². The Morgan fingerprint density at radius 3 is 0.851 bits per heavy atom. The van der Waals surface area contributed by atoms with Crippen molar-refractivity contribution in [1.29, 1.82) is 0 Å². The summed E-state index contributed by atoms with van der Waals surface area (Å²) in [5.41, 5.74) is 0. The topological polar surface area (TPSA) is 231 Å². The van der Waals surface area contributed by atoms with Crippen molar-refractivity contribution in [1.82, 2.24) is 0 Å². The van der Waals surface area contributed by atoms with E-state index in [1.165, 1.54) is 96.3 Å². The summed E-state index contributed by atoms with van der Waals surface area (Å²) in [5.74, 6) is -1.62. The molecular weight excluding hydrogens is 1310 g/mol. The minimum absolute atomic E-state index is 0.0838. The quantitative estimate of drug-likeness (QED) is 0.0146. The largest absolute Gasteiger partial charge is 0.472 e. The van der Waals surface area contributed by atoms with E-state index >= 15 is 0 Å². The maximum atomic E-state index is 12.9.